The lowest BCUT2D eigenvalue weighted by atomic mass is 10.1. The van der Waals surface area contributed by atoms with Gasteiger partial charge in [0.05, 0.1) is 11.0 Å². The Bertz CT molecular complexity index is 582. The number of benzene rings is 1. The molecule has 1 heterocycles. The lowest BCUT2D eigenvalue weighted by molar-refractivity contribution is 0.195. The molecule has 0 saturated carbocycles. The first kappa shape index (κ1) is 14.0. The molecule has 0 bridgehead atoms. The van der Waals surface area contributed by atoms with Crippen LogP contribution in [-0.2, 0) is 0 Å². The van der Waals surface area contributed by atoms with E-state index in [4.69, 9.17) is 0 Å². The predicted molar refractivity (Wildman–Crippen MR) is 72.7 cm³/mol. The average Bonchev–Trinajstić information content (AvgIpc) is 2.30. The van der Waals surface area contributed by atoms with Gasteiger partial charge in [-0.3, -0.25) is 0 Å². The summed E-state index contributed by atoms with van der Waals surface area (Å²) in [4.78, 5) is 8.93. The fourth-order valence-corrected chi connectivity index (χ4v) is 2.88. The Labute approximate surface area is 115 Å². The van der Waals surface area contributed by atoms with Crippen LogP contribution in [0.5, 0.6) is 0 Å². The Hall–Kier alpha value is -1.46. The number of hydrogen-bond donors (Lipinski definition) is 1. The zero-order valence-electron chi connectivity index (χ0n) is 11.0. The molecule has 0 aliphatic heterocycles. The van der Waals surface area contributed by atoms with Gasteiger partial charge in [0.1, 0.15) is 5.82 Å². The summed E-state index contributed by atoms with van der Waals surface area (Å²) in [5.74, 6) is -0.369. The van der Waals surface area contributed by atoms with Crippen molar-refractivity contribution in [2.45, 2.75) is 36.9 Å². The first-order valence-electron chi connectivity index (χ1n) is 5.94. The summed E-state index contributed by atoms with van der Waals surface area (Å²) in [5, 5.41) is 10.2. The van der Waals surface area contributed by atoms with Crippen molar-refractivity contribution in [1.29, 1.82) is 0 Å². The van der Waals surface area contributed by atoms with Crippen molar-refractivity contribution in [3.05, 3.63) is 47.0 Å². The second-order valence-corrected chi connectivity index (χ2v) is 5.35. The number of aromatic nitrogens is 2. The lowest BCUT2D eigenvalue weighted by Gasteiger charge is -2.12. The van der Waals surface area contributed by atoms with E-state index in [0.717, 1.165) is 23.1 Å². The van der Waals surface area contributed by atoms with Crippen LogP contribution in [0.2, 0.25) is 0 Å². The molecule has 1 N–H and O–H groups in total. The van der Waals surface area contributed by atoms with Gasteiger partial charge in [-0.15, -0.1) is 0 Å². The van der Waals surface area contributed by atoms with Crippen molar-refractivity contribution in [3.8, 4) is 0 Å². The summed E-state index contributed by atoms with van der Waals surface area (Å²) >= 11 is 1.14. The maximum absolute atomic E-state index is 13.9. The Morgan fingerprint density at radius 1 is 1.21 bits per heavy atom. The summed E-state index contributed by atoms with van der Waals surface area (Å²) in [6, 6.07) is 6.53. The number of nitrogens with zero attached hydrogens (tertiary/aromatic N) is 2. The highest BCUT2D eigenvalue weighted by Gasteiger charge is 2.15. The molecule has 0 spiro atoms. The number of aliphatic hydroxyl groups excluding tert-OH is 1. The Balaban J connectivity index is 2.42. The third-order valence-electron chi connectivity index (χ3n) is 2.60. The van der Waals surface area contributed by atoms with Crippen LogP contribution in [0.4, 0.5) is 4.39 Å². The normalized spacial score (nSPS) is 12.5. The quantitative estimate of drug-likeness (QED) is 0.874. The minimum absolute atomic E-state index is 0.369. The minimum Gasteiger partial charge on any atom is -0.389 e. The summed E-state index contributed by atoms with van der Waals surface area (Å²) in [5.41, 5.74) is 2.22. The highest BCUT2D eigenvalue weighted by molar-refractivity contribution is 7.99. The van der Waals surface area contributed by atoms with Crippen molar-refractivity contribution in [3.63, 3.8) is 0 Å². The van der Waals surface area contributed by atoms with E-state index in [-0.39, 0.29) is 5.82 Å². The van der Waals surface area contributed by atoms with Gasteiger partial charge >= 0.3 is 0 Å². The molecule has 100 valence electrons. The van der Waals surface area contributed by atoms with Gasteiger partial charge in [0.25, 0.3) is 0 Å². The first-order valence-corrected chi connectivity index (χ1v) is 6.75. The van der Waals surface area contributed by atoms with Gasteiger partial charge in [-0.1, -0.05) is 12.1 Å². The minimum atomic E-state index is -0.732. The molecule has 0 unspecified atom stereocenters. The molecule has 3 nitrogen and oxygen atoms in total. The molecule has 19 heavy (non-hydrogen) atoms. The monoisotopic (exact) mass is 278 g/mol. The largest absolute Gasteiger partial charge is 0.389 e. The van der Waals surface area contributed by atoms with Crippen molar-refractivity contribution in [2.24, 2.45) is 0 Å². The van der Waals surface area contributed by atoms with Gasteiger partial charge in [0.2, 0.25) is 0 Å². The first-order chi connectivity index (χ1) is 8.97. The molecule has 2 rings (SSSR count). The van der Waals surface area contributed by atoms with Crippen LogP contribution in [0.25, 0.3) is 0 Å². The summed E-state index contributed by atoms with van der Waals surface area (Å²) in [7, 11) is 0. The molecule has 2 aromatic rings. The van der Waals surface area contributed by atoms with Crippen LogP contribution in [0.3, 0.4) is 0 Å². The van der Waals surface area contributed by atoms with Crippen LogP contribution in [0, 0.1) is 19.7 Å². The maximum atomic E-state index is 13.9. The van der Waals surface area contributed by atoms with Crippen LogP contribution in [0.1, 0.15) is 30.0 Å². The van der Waals surface area contributed by atoms with Crippen LogP contribution >= 0.6 is 11.8 Å². The number of aryl methyl sites for hydroxylation is 2. The highest BCUT2D eigenvalue weighted by Crippen LogP contribution is 2.33. The molecular weight excluding hydrogens is 263 g/mol. The Morgan fingerprint density at radius 2 is 1.84 bits per heavy atom. The highest BCUT2D eigenvalue weighted by atomic mass is 32.2. The van der Waals surface area contributed by atoms with Gasteiger partial charge in [0, 0.05) is 11.4 Å². The number of hydrogen-bond acceptors (Lipinski definition) is 4. The third kappa shape index (κ3) is 3.30. The predicted octanol–water partition coefficient (Wildman–Crippen LogP) is 3.44. The van der Waals surface area contributed by atoms with Crippen molar-refractivity contribution < 1.29 is 9.50 Å². The third-order valence-corrected chi connectivity index (χ3v) is 3.60. The zero-order valence-corrected chi connectivity index (χ0v) is 11.8. The van der Waals surface area contributed by atoms with E-state index in [2.05, 4.69) is 9.97 Å². The van der Waals surface area contributed by atoms with E-state index >= 15 is 0 Å². The van der Waals surface area contributed by atoms with Gasteiger partial charge in [0.15, 0.2) is 5.16 Å². The topological polar surface area (TPSA) is 46.0 Å². The van der Waals surface area contributed by atoms with Crippen molar-refractivity contribution >= 4 is 11.8 Å². The number of halogens is 1. The van der Waals surface area contributed by atoms with E-state index < -0.39 is 6.10 Å². The molecule has 0 radical (unpaired) electrons. The standard InChI is InChI=1S/C14H15FN2OS/c1-8-7-9(2)17-14(16-8)19-13-11(10(3)18)5-4-6-12(13)15/h4-7,10,18H,1-3H3/t10-/m0/s1. The molecule has 5 heteroatoms. The number of aliphatic hydroxyl groups is 1. The van der Waals surface area contributed by atoms with Crippen LogP contribution < -0.4 is 0 Å². The zero-order chi connectivity index (χ0) is 14.0. The summed E-state index contributed by atoms with van der Waals surface area (Å²) in [6.45, 7) is 5.35. The molecule has 0 amide bonds. The number of rotatable bonds is 3. The maximum Gasteiger partial charge on any atom is 0.192 e. The van der Waals surface area contributed by atoms with E-state index in [9.17, 15) is 9.50 Å². The SMILES string of the molecule is Cc1cc(C)nc(Sc2c(F)cccc2[C@H](C)O)n1. The van der Waals surface area contributed by atoms with E-state index in [1.165, 1.54) is 6.07 Å². The Kier molecular flexibility index (Phi) is 4.17. The molecule has 0 aliphatic rings. The van der Waals surface area contributed by atoms with Crippen LogP contribution in [0.15, 0.2) is 34.3 Å². The smallest absolute Gasteiger partial charge is 0.192 e. The van der Waals surface area contributed by atoms with Crippen molar-refractivity contribution in [1.82, 2.24) is 9.97 Å². The van der Waals surface area contributed by atoms with Crippen LogP contribution in [-0.4, -0.2) is 15.1 Å². The Morgan fingerprint density at radius 3 is 2.42 bits per heavy atom. The van der Waals surface area contributed by atoms with E-state index in [0.29, 0.717) is 15.6 Å². The van der Waals surface area contributed by atoms with Gasteiger partial charge in [-0.2, -0.15) is 0 Å². The van der Waals surface area contributed by atoms with E-state index in [1.54, 1.807) is 19.1 Å². The fraction of sp³-hybridized carbons (Fsp3) is 0.286. The van der Waals surface area contributed by atoms with Gasteiger partial charge in [-0.05, 0) is 50.2 Å². The molecule has 0 saturated heterocycles. The molecule has 1 aromatic carbocycles. The van der Waals surface area contributed by atoms with Crippen molar-refractivity contribution in [2.75, 3.05) is 0 Å². The van der Waals surface area contributed by atoms with Gasteiger partial charge < -0.3 is 5.11 Å². The molecule has 1 atom stereocenters. The second-order valence-electron chi connectivity index (χ2n) is 4.37. The van der Waals surface area contributed by atoms with Gasteiger partial charge in [-0.25, -0.2) is 14.4 Å². The average molecular weight is 278 g/mol. The van der Waals surface area contributed by atoms with E-state index in [1.807, 2.05) is 19.9 Å². The second kappa shape index (κ2) is 5.67. The summed E-state index contributed by atoms with van der Waals surface area (Å²) in [6.07, 6.45) is -0.732. The summed E-state index contributed by atoms with van der Waals surface area (Å²) < 4.78 is 13.9. The fourth-order valence-electron chi connectivity index (χ4n) is 1.79. The molecular formula is C14H15FN2OS. The lowest BCUT2D eigenvalue weighted by Crippen LogP contribution is -1.99. The molecule has 0 aliphatic carbocycles. The molecule has 0 fully saturated rings. The molecule has 1 aromatic heterocycles.